The van der Waals surface area contributed by atoms with Crippen molar-refractivity contribution in [1.29, 1.82) is 0 Å². The molecular formula is C26H38N2O4. The number of methoxy groups -OCH3 is 1. The molecule has 6 heteroatoms. The van der Waals surface area contributed by atoms with E-state index in [1.807, 2.05) is 41.8 Å². The summed E-state index contributed by atoms with van der Waals surface area (Å²) in [5.74, 6) is 1.43. The number of ether oxygens (including phenoxy) is 2. The SMILES string of the molecule is COc1cc(C2C(=O)N(C3CCCCC3)CC(=O)N2C2CCCCC2)ccc1OC(C)C. The summed E-state index contributed by atoms with van der Waals surface area (Å²) < 4.78 is 11.5. The quantitative estimate of drug-likeness (QED) is 0.631. The Labute approximate surface area is 192 Å². The van der Waals surface area contributed by atoms with Gasteiger partial charge in [-0.25, -0.2) is 0 Å². The summed E-state index contributed by atoms with van der Waals surface area (Å²) >= 11 is 0. The summed E-state index contributed by atoms with van der Waals surface area (Å²) in [5, 5.41) is 0. The van der Waals surface area contributed by atoms with E-state index in [4.69, 9.17) is 9.47 Å². The standard InChI is InChI=1S/C26H38N2O4/c1-18(2)32-22-15-14-19(16-23(22)31-3)25-26(30)27(20-10-6-4-7-11-20)17-24(29)28(25)21-12-8-5-9-13-21/h14-16,18,20-21,25H,4-13,17H2,1-3H3. The Kier molecular flexibility index (Phi) is 7.27. The van der Waals surface area contributed by atoms with E-state index in [-0.39, 0.29) is 36.5 Å². The molecule has 176 valence electrons. The van der Waals surface area contributed by atoms with Crippen LogP contribution in [0.25, 0.3) is 0 Å². The molecule has 0 radical (unpaired) electrons. The molecule has 1 aromatic carbocycles. The molecular weight excluding hydrogens is 404 g/mol. The molecule has 2 saturated carbocycles. The van der Waals surface area contributed by atoms with Crippen molar-refractivity contribution in [3.8, 4) is 11.5 Å². The summed E-state index contributed by atoms with van der Waals surface area (Å²) in [6, 6.07) is 5.45. The predicted molar refractivity (Wildman–Crippen MR) is 124 cm³/mol. The Morgan fingerprint density at radius 2 is 1.50 bits per heavy atom. The highest BCUT2D eigenvalue weighted by Crippen LogP contribution is 2.39. The van der Waals surface area contributed by atoms with Gasteiger partial charge < -0.3 is 19.3 Å². The fourth-order valence-corrected chi connectivity index (χ4v) is 5.71. The minimum Gasteiger partial charge on any atom is -0.493 e. The lowest BCUT2D eigenvalue weighted by Crippen LogP contribution is -2.61. The van der Waals surface area contributed by atoms with Gasteiger partial charge in [0.25, 0.3) is 5.91 Å². The number of piperazine rings is 1. The van der Waals surface area contributed by atoms with Crippen LogP contribution in [0.2, 0.25) is 0 Å². The maximum Gasteiger partial charge on any atom is 0.250 e. The van der Waals surface area contributed by atoms with Crippen molar-refractivity contribution in [2.45, 2.75) is 102 Å². The van der Waals surface area contributed by atoms with E-state index in [9.17, 15) is 9.59 Å². The molecule has 6 nitrogen and oxygen atoms in total. The zero-order chi connectivity index (χ0) is 22.7. The van der Waals surface area contributed by atoms with Crippen molar-refractivity contribution in [1.82, 2.24) is 9.80 Å². The minimum absolute atomic E-state index is 0.0215. The fraction of sp³-hybridized carbons (Fsp3) is 0.692. The number of hydrogen-bond acceptors (Lipinski definition) is 4. The third kappa shape index (κ3) is 4.74. The van der Waals surface area contributed by atoms with Gasteiger partial charge in [0.15, 0.2) is 11.5 Å². The monoisotopic (exact) mass is 442 g/mol. The lowest BCUT2D eigenvalue weighted by Gasteiger charge is -2.48. The lowest BCUT2D eigenvalue weighted by atomic mass is 9.88. The third-order valence-electron chi connectivity index (χ3n) is 7.24. The van der Waals surface area contributed by atoms with Crippen LogP contribution in [-0.2, 0) is 9.59 Å². The summed E-state index contributed by atoms with van der Waals surface area (Å²) in [4.78, 5) is 31.3. The van der Waals surface area contributed by atoms with Gasteiger partial charge in [-0.1, -0.05) is 44.6 Å². The molecule has 0 spiro atoms. The van der Waals surface area contributed by atoms with E-state index in [1.54, 1.807) is 7.11 Å². The highest BCUT2D eigenvalue weighted by atomic mass is 16.5. The average Bonchev–Trinajstić information content (AvgIpc) is 2.81. The van der Waals surface area contributed by atoms with Crippen molar-refractivity contribution < 1.29 is 19.1 Å². The summed E-state index contributed by atoms with van der Waals surface area (Å²) in [5.41, 5.74) is 0.822. The van der Waals surface area contributed by atoms with E-state index in [2.05, 4.69) is 0 Å². The second kappa shape index (κ2) is 10.1. The highest BCUT2D eigenvalue weighted by Gasteiger charge is 2.45. The van der Waals surface area contributed by atoms with E-state index >= 15 is 0 Å². The van der Waals surface area contributed by atoms with E-state index in [0.29, 0.717) is 11.5 Å². The van der Waals surface area contributed by atoms with Crippen molar-refractivity contribution in [3.63, 3.8) is 0 Å². The van der Waals surface area contributed by atoms with Crippen LogP contribution in [0.1, 0.15) is 89.7 Å². The third-order valence-corrected chi connectivity index (χ3v) is 7.24. The van der Waals surface area contributed by atoms with Crippen molar-refractivity contribution in [3.05, 3.63) is 23.8 Å². The molecule has 1 aliphatic heterocycles. The molecule has 3 fully saturated rings. The lowest BCUT2D eigenvalue weighted by molar-refractivity contribution is -0.162. The number of nitrogens with zero attached hydrogens (tertiary/aromatic N) is 2. The first-order chi connectivity index (χ1) is 15.5. The van der Waals surface area contributed by atoms with Gasteiger partial charge in [-0.3, -0.25) is 9.59 Å². The molecule has 2 aliphatic carbocycles. The Balaban J connectivity index is 1.70. The molecule has 1 aromatic rings. The highest BCUT2D eigenvalue weighted by molar-refractivity contribution is 5.96. The number of amides is 2. The maximum absolute atomic E-state index is 13.9. The number of benzene rings is 1. The molecule has 0 bridgehead atoms. The van der Waals surface area contributed by atoms with Crippen LogP contribution >= 0.6 is 0 Å². The topological polar surface area (TPSA) is 59.1 Å². The van der Waals surface area contributed by atoms with Crippen LogP contribution in [0, 0.1) is 0 Å². The first kappa shape index (κ1) is 22.9. The molecule has 1 unspecified atom stereocenters. The average molecular weight is 443 g/mol. The van der Waals surface area contributed by atoms with Gasteiger partial charge in [-0.15, -0.1) is 0 Å². The van der Waals surface area contributed by atoms with E-state index in [0.717, 1.165) is 56.9 Å². The Morgan fingerprint density at radius 3 is 2.09 bits per heavy atom. The first-order valence-corrected chi connectivity index (χ1v) is 12.5. The van der Waals surface area contributed by atoms with Gasteiger partial charge in [-0.2, -0.15) is 0 Å². The second-order valence-electron chi connectivity index (χ2n) is 9.83. The molecule has 1 saturated heterocycles. The number of hydrogen-bond donors (Lipinski definition) is 0. The van der Waals surface area contributed by atoms with Gasteiger partial charge in [0.2, 0.25) is 5.91 Å². The molecule has 0 N–H and O–H groups in total. The van der Waals surface area contributed by atoms with Crippen molar-refractivity contribution >= 4 is 11.8 Å². The maximum atomic E-state index is 13.9. The number of carbonyl (C=O) groups excluding carboxylic acids is 2. The van der Waals surface area contributed by atoms with Gasteiger partial charge in [0.1, 0.15) is 12.6 Å². The Bertz CT molecular complexity index is 812. The molecule has 2 amide bonds. The van der Waals surface area contributed by atoms with Gasteiger partial charge >= 0.3 is 0 Å². The normalized spacial score (nSPS) is 23.7. The first-order valence-electron chi connectivity index (χ1n) is 12.5. The molecule has 1 heterocycles. The molecule has 32 heavy (non-hydrogen) atoms. The van der Waals surface area contributed by atoms with E-state index < -0.39 is 6.04 Å². The summed E-state index contributed by atoms with van der Waals surface area (Å²) in [7, 11) is 1.62. The van der Waals surface area contributed by atoms with Gasteiger partial charge in [0.05, 0.1) is 13.2 Å². The zero-order valence-electron chi connectivity index (χ0n) is 19.8. The van der Waals surface area contributed by atoms with Crippen molar-refractivity contribution in [2.24, 2.45) is 0 Å². The van der Waals surface area contributed by atoms with Crippen LogP contribution < -0.4 is 9.47 Å². The molecule has 1 atom stereocenters. The van der Waals surface area contributed by atoms with Crippen molar-refractivity contribution in [2.75, 3.05) is 13.7 Å². The molecule has 4 rings (SSSR count). The van der Waals surface area contributed by atoms with Crippen LogP contribution in [0.15, 0.2) is 18.2 Å². The summed E-state index contributed by atoms with van der Waals surface area (Å²) in [6.45, 7) is 4.18. The number of rotatable bonds is 6. The van der Waals surface area contributed by atoms with Crippen LogP contribution in [-0.4, -0.2) is 53.5 Å². The Morgan fingerprint density at radius 1 is 0.875 bits per heavy atom. The van der Waals surface area contributed by atoms with Gasteiger partial charge in [-0.05, 0) is 57.2 Å². The van der Waals surface area contributed by atoms with Gasteiger partial charge in [0, 0.05) is 12.1 Å². The largest absolute Gasteiger partial charge is 0.493 e. The fourth-order valence-electron chi connectivity index (χ4n) is 5.71. The van der Waals surface area contributed by atoms with Crippen LogP contribution in [0.4, 0.5) is 0 Å². The smallest absolute Gasteiger partial charge is 0.250 e. The second-order valence-corrected chi connectivity index (χ2v) is 9.83. The van der Waals surface area contributed by atoms with E-state index in [1.165, 1.54) is 12.8 Å². The molecule has 3 aliphatic rings. The summed E-state index contributed by atoms with van der Waals surface area (Å²) in [6.07, 6.45) is 10.9. The number of carbonyl (C=O) groups is 2. The van der Waals surface area contributed by atoms with Crippen LogP contribution in [0.5, 0.6) is 11.5 Å². The predicted octanol–water partition coefficient (Wildman–Crippen LogP) is 4.86. The zero-order valence-corrected chi connectivity index (χ0v) is 19.8. The molecule has 0 aromatic heterocycles. The van der Waals surface area contributed by atoms with Crippen LogP contribution in [0.3, 0.4) is 0 Å². The minimum atomic E-state index is -0.580. The Hall–Kier alpha value is -2.24.